The van der Waals surface area contributed by atoms with Crippen LogP contribution in [0, 0.1) is 5.92 Å². The van der Waals surface area contributed by atoms with Crippen LogP contribution in [0.2, 0.25) is 0 Å². The summed E-state index contributed by atoms with van der Waals surface area (Å²) in [5.41, 5.74) is 5.52. The summed E-state index contributed by atoms with van der Waals surface area (Å²) in [6, 6.07) is 7.53. The summed E-state index contributed by atoms with van der Waals surface area (Å²) in [4.78, 5) is 14.0. The minimum atomic E-state index is -0.138. The van der Waals surface area contributed by atoms with Crippen molar-refractivity contribution >= 4 is 17.3 Å². The molecule has 1 atom stereocenters. The van der Waals surface area contributed by atoms with Crippen molar-refractivity contribution in [1.82, 2.24) is 5.43 Å². The number of hydrazone groups is 1. The summed E-state index contributed by atoms with van der Waals surface area (Å²) in [7, 11) is 3.96. The Morgan fingerprint density at radius 1 is 1.25 bits per heavy atom. The number of hydrogen-bond donors (Lipinski definition) is 1. The lowest BCUT2D eigenvalue weighted by Crippen LogP contribution is -2.24. The average molecular weight is 273 g/mol. The number of rotatable bonds is 3. The smallest absolute Gasteiger partial charge is 0.271 e. The fourth-order valence-corrected chi connectivity index (χ4v) is 2.43. The van der Waals surface area contributed by atoms with Gasteiger partial charge in [0, 0.05) is 31.1 Å². The number of carbonyl (C=O) groups excluding carboxylic acids is 1. The quantitative estimate of drug-likeness (QED) is 0.860. The lowest BCUT2D eigenvalue weighted by molar-refractivity contribution is 0.0954. The second-order valence-corrected chi connectivity index (χ2v) is 5.63. The highest BCUT2D eigenvalue weighted by atomic mass is 16.2. The molecule has 1 saturated carbocycles. The summed E-state index contributed by atoms with van der Waals surface area (Å²) in [5, 5.41) is 4.30. The number of amides is 1. The van der Waals surface area contributed by atoms with Crippen molar-refractivity contribution in [1.29, 1.82) is 0 Å². The average Bonchev–Trinajstić information content (AvgIpc) is 2.46. The van der Waals surface area contributed by atoms with Gasteiger partial charge in [-0.25, -0.2) is 5.43 Å². The van der Waals surface area contributed by atoms with Gasteiger partial charge in [0.25, 0.3) is 5.91 Å². The maximum atomic E-state index is 12.0. The van der Waals surface area contributed by atoms with E-state index in [1.54, 1.807) is 0 Å². The minimum absolute atomic E-state index is 0.138. The van der Waals surface area contributed by atoms with Gasteiger partial charge in [-0.15, -0.1) is 0 Å². The molecular formula is C16H23N3O. The molecule has 108 valence electrons. The molecule has 0 radical (unpaired) electrons. The third-order valence-corrected chi connectivity index (χ3v) is 3.84. The van der Waals surface area contributed by atoms with Crippen molar-refractivity contribution in [2.24, 2.45) is 11.0 Å². The highest BCUT2D eigenvalue weighted by molar-refractivity contribution is 5.96. The SMILES string of the molecule is CC1CCCCC1=NNC(=O)c1ccc(N(C)C)cc1. The summed E-state index contributed by atoms with van der Waals surface area (Å²) >= 11 is 0. The molecule has 1 fully saturated rings. The highest BCUT2D eigenvalue weighted by Gasteiger charge is 2.16. The maximum absolute atomic E-state index is 12.0. The number of carbonyl (C=O) groups is 1. The predicted molar refractivity (Wildman–Crippen MR) is 83.3 cm³/mol. The third-order valence-electron chi connectivity index (χ3n) is 3.84. The van der Waals surface area contributed by atoms with Crippen LogP contribution < -0.4 is 10.3 Å². The van der Waals surface area contributed by atoms with Crippen molar-refractivity contribution in [2.45, 2.75) is 32.6 Å². The van der Waals surface area contributed by atoms with Gasteiger partial charge >= 0.3 is 0 Å². The van der Waals surface area contributed by atoms with Crippen LogP contribution in [0.4, 0.5) is 5.69 Å². The zero-order valence-corrected chi connectivity index (χ0v) is 12.5. The molecule has 0 bridgehead atoms. The van der Waals surface area contributed by atoms with Crippen LogP contribution in [0.1, 0.15) is 43.0 Å². The van der Waals surface area contributed by atoms with Gasteiger partial charge in [0.15, 0.2) is 0 Å². The Labute approximate surface area is 120 Å². The molecule has 0 aliphatic heterocycles. The van der Waals surface area contributed by atoms with Crippen LogP contribution >= 0.6 is 0 Å². The normalized spacial score (nSPS) is 20.8. The number of nitrogens with zero attached hydrogens (tertiary/aromatic N) is 2. The molecule has 4 nitrogen and oxygen atoms in total. The Morgan fingerprint density at radius 2 is 1.95 bits per heavy atom. The first-order chi connectivity index (χ1) is 9.58. The second-order valence-electron chi connectivity index (χ2n) is 5.63. The van der Waals surface area contributed by atoms with Crippen LogP contribution in [0.25, 0.3) is 0 Å². The molecule has 1 aromatic rings. The van der Waals surface area contributed by atoms with E-state index in [1.165, 1.54) is 19.3 Å². The van der Waals surface area contributed by atoms with Gasteiger partial charge in [-0.2, -0.15) is 5.10 Å². The number of benzene rings is 1. The van der Waals surface area contributed by atoms with Gasteiger partial charge in [-0.05, 0) is 49.4 Å². The summed E-state index contributed by atoms with van der Waals surface area (Å²) in [6.07, 6.45) is 4.62. The van der Waals surface area contributed by atoms with Crippen molar-refractivity contribution in [3.63, 3.8) is 0 Å². The Morgan fingerprint density at radius 3 is 2.55 bits per heavy atom. The monoisotopic (exact) mass is 273 g/mol. The summed E-state index contributed by atoms with van der Waals surface area (Å²) in [5.74, 6) is 0.348. The summed E-state index contributed by atoms with van der Waals surface area (Å²) in [6.45, 7) is 2.18. The molecule has 1 N–H and O–H groups in total. The Bertz CT molecular complexity index is 491. The highest BCUT2D eigenvalue weighted by Crippen LogP contribution is 2.20. The minimum Gasteiger partial charge on any atom is -0.378 e. The van der Waals surface area contributed by atoms with Crippen LogP contribution in [0.5, 0.6) is 0 Å². The van der Waals surface area contributed by atoms with Crippen molar-refractivity contribution in [3.05, 3.63) is 29.8 Å². The molecule has 1 unspecified atom stereocenters. The molecule has 20 heavy (non-hydrogen) atoms. The number of hydrogen-bond acceptors (Lipinski definition) is 3. The summed E-state index contributed by atoms with van der Waals surface area (Å²) < 4.78 is 0. The molecule has 0 saturated heterocycles. The van der Waals surface area contributed by atoms with E-state index in [2.05, 4.69) is 17.5 Å². The van der Waals surface area contributed by atoms with Crippen LogP contribution in [-0.4, -0.2) is 25.7 Å². The number of nitrogens with one attached hydrogen (secondary N) is 1. The van der Waals surface area contributed by atoms with Crippen LogP contribution in [-0.2, 0) is 0 Å². The van der Waals surface area contributed by atoms with E-state index in [4.69, 9.17) is 0 Å². The second kappa shape index (κ2) is 6.55. The standard InChI is InChI=1S/C16H23N3O/c1-12-6-4-5-7-15(12)17-18-16(20)13-8-10-14(11-9-13)19(2)3/h8-12H,4-7H2,1-3H3,(H,18,20). The van der Waals surface area contributed by atoms with Gasteiger partial charge in [-0.3, -0.25) is 4.79 Å². The third kappa shape index (κ3) is 3.59. The lowest BCUT2D eigenvalue weighted by atomic mass is 9.89. The molecule has 0 spiro atoms. The fraction of sp³-hybridized carbons (Fsp3) is 0.500. The van der Waals surface area contributed by atoms with E-state index in [9.17, 15) is 4.79 Å². The van der Waals surface area contributed by atoms with Gasteiger partial charge in [0.1, 0.15) is 0 Å². The molecule has 0 heterocycles. The van der Waals surface area contributed by atoms with Crippen LogP contribution in [0.3, 0.4) is 0 Å². The lowest BCUT2D eigenvalue weighted by Gasteiger charge is -2.19. The molecule has 0 aromatic heterocycles. The Hall–Kier alpha value is -1.84. The molecule has 1 aromatic carbocycles. The van der Waals surface area contributed by atoms with E-state index in [1.807, 2.05) is 43.3 Å². The van der Waals surface area contributed by atoms with Crippen molar-refractivity contribution in [2.75, 3.05) is 19.0 Å². The largest absolute Gasteiger partial charge is 0.378 e. The van der Waals surface area contributed by atoms with E-state index in [0.29, 0.717) is 11.5 Å². The zero-order valence-electron chi connectivity index (χ0n) is 12.5. The first-order valence-electron chi connectivity index (χ1n) is 7.22. The first kappa shape index (κ1) is 14.6. The van der Waals surface area contributed by atoms with Gasteiger partial charge in [-0.1, -0.05) is 13.3 Å². The Kier molecular flexibility index (Phi) is 4.77. The van der Waals surface area contributed by atoms with Crippen molar-refractivity contribution < 1.29 is 4.79 Å². The van der Waals surface area contributed by atoms with E-state index in [0.717, 1.165) is 17.8 Å². The predicted octanol–water partition coefficient (Wildman–Crippen LogP) is 3.05. The number of anilines is 1. The Balaban J connectivity index is 1.99. The molecular weight excluding hydrogens is 250 g/mol. The van der Waals surface area contributed by atoms with E-state index < -0.39 is 0 Å². The van der Waals surface area contributed by atoms with E-state index >= 15 is 0 Å². The maximum Gasteiger partial charge on any atom is 0.271 e. The fourth-order valence-electron chi connectivity index (χ4n) is 2.43. The molecule has 1 aliphatic carbocycles. The molecule has 4 heteroatoms. The van der Waals surface area contributed by atoms with Gasteiger partial charge < -0.3 is 4.90 Å². The van der Waals surface area contributed by atoms with Crippen LogP contribution in [0.15, 0.2) is 29.4 Å². The van der Waals surface area contributed by atoms with Gasteiger partial charge in [0.2, 0.25) is 0 Å². The van der Waals surface area contributed by atoms with Crippen molar-refractivity contribution in [3.8, 4) is 0 Å². The molecule has 1 aliphatic rings. The van der Waals surface area contributed by atoms with Gasteiger partial charge in [0.05, 0.1) is 0 Å². The molecule has 2 rings (SSSR count). The molecule has 1 amide bonds. The topological polar surface area (TPSA) is 44.7 Å². The first-order valence-corrected chi connectivity index (χ1v) is 7.22. The van der Waals surface area contributed by atoms with E-state index in [-0.39, 0.29) is 5.91 Å². The zero-order chi connectivity index (χ0) is 14.5.